The number of hydrogen-bond acceptors (Lipinski definition) is 5. The van der Waals surface area contributed by atoms with Gasteiger partial charge in [-0.3, -0.25) is 0 Å². The maximum absolute atomic E-state index is 10.9. The van der Waals surface area contributed by atoms with Crippen molar-refractivity contribution in [3.8, 4) is 17.2 Å². The van der Waals surface area contributed by atoms with Gasteiger partial charge in [-0.2, -0.15) is 0 Å². The summed E-state index contributed by atoms with van der Waals surface area (Å²) in [6.45, 7) is 3.86. The van der Waals surface area contributed by atoms with Crippen LogP contribution >= 0.6 is 0 Å². The third-order valence-electron chi connectivity index (χ3n) is 4.34. The first-order valence-electron chi connectivity index (χ1n) is 7.81. The fourth-order valence-corrected chi connectivity index (χ4v) is 2.86. The highest BCUT2D eigenvalue weighted by Crippen LogP contribution is 2.36. The van der Waals surface area contributed by atoms with Crippen LogP contribution in [0, 0.1) is 5.92 Å². The molecular formula is C18H25NO4. The van der Waals surface area contributed by atoms with Gasteiger partial charge in [0.1, 0.15) is 23.5 Å². The van der Waals surface area contributed by atoms with E-state index in [1.165, 1.54) is 0 Å². The fraction of sp³-hybridized carbons (Fsp3) is 0.500. The molecule has 0 unspecified atom stereocenters. The van der Waals surface area contributed by atoms with Crippen LogP contribution in [0.5, 0.6) is 17.2 Å². The van der Waals surface area contributed by atoms with Gasteiger partial charge in [-0.15, -0.1) is 0 Å². The van der Waals surface area contributed by atoms with Gasteiger partial charge in [0, 0.05) is 36.8 Å². The van der Waals surface area contributed by atoms with Crippen molar-refractivity contribution in [3.05, 3.63) is 23.4 Å². The first-order chi connectivity index (χ1) is 11.1. The second-order valence-corrected chi connectivity index (χ2v) is 5.69. The highest BCUT2D eigenvalue weighted by Gasteiger charge is 2.19. The van der Waals surface area contributed by atoms with Crippen molar-refractivity contribution in [2.24, 2.45) is 5.92 Å². The van der Waals surface area contributed by atoms with Crippen molar-refractivity contribution in [1.29, 1.82) is 0 Å². The van der Waals surface area contributed by atoms with Crippen LogP contribution in [-0.4, -0.2) is 45.6 Å². The Balaban J connectivity index is 2.28. The minimum Gasteiger partial charge on any atom is -0.496 e. The van der Waals surface area contributed by atoms with E-state index in [0.717, 1.165) is 43.5 Å². The molecule has 5 nitrogen and oxygen atoms in total. The van der Waals surface area contributed by atoms with E-state index in [1.807, 2.05) is 12.1 Å². The fourth-order valence-electron chi connectivity index (χ4n) is 2.86. The van der Waals surface area contributed by atoms with Crippen LogP contribution in [-0.2, 0) is 4.79 Å². The molecule has 1 heterocycles. The molecule has 0 saturated carbocycles. The van der Waals surface area contributed by atoms with Crippen LogP contribution in [0.25, 0.3) is 6.08 Å². The number of hydrogen-bond donors (Lipinski definition) is 0. The third kappa shape index (κ3) is 3.97. The number of ether oxygens (including phenoxy) is 3. The molecule has 0 aliphatic carbocycles. The van der Waals surface area contributed by atoms with Crippen LogP contribution < -0.4 is 14.2 Å². The van der Waals surface area contributed by atoms with E-state index in [0.29, 0.717) is 17.2 Å². The maximum atomic E-state index is 10.9. The molecule has 0 atom stereocenters. The van der Waals surface area contributed by atoms with Crippen LogP contribution in [0.1, 0.15) is 25.3 Å². The Morgan fingerprint density at radius 3 is 2.09 bits per heavy atom. The number of allylic oxidation sites excluding steroid dienone is 1. The SMILES string of the molecule is COc1cc(OC)c(C=C(C)N2CCC(C=O)CC2)c(OC)c1. The number of methoxy groups -OCH3 is 3. The Kier molecular flexibility index (Phi) is 5.90. The highest BCUT2D eigenvalue weighted by atomic mass is 16.5. The van der Waals surface area contributed by atoms with Gasteiger partial charge in [0.15, 0.2) is 0 Å². The largest absolute Gasteiger partial charge is 0.496 e. The maximum Gasteiger partial charge on any atom is 0.133 e. The summed E-state index contributed by atoms with van der Waals surface area (Å²) in [6.07, 6.45) is 4.96. The van der Waals surface area contributed by atoms with Gasteiger partial charge in [-0.05, 0) is 25.8 Å². The monoisotopic (exact) mass is 319 g/mol. The van der Waals surface area contributed by atoms with E-state index in [4.69, 9.17) is 14.2 Å². The van der Waals surface area contributed by atoms with Gasteiger partial charge in [-0.25, -0.2) is 0 Å². The molecule has 1 aliphatic rings. The summed E-state index contributed by atoms with van der Waals surface area (Å²) >= 11 is 0. The molecule has 1 aliphatic heterocycles. The van der Waals surface area contributed by atoms with Crippen molar-refractivity contribution in [3.63, 3.8) is 0 Å². The Hall–Kier alpha value is -2.17. The molecule has 0 amide bonds. The lowest BCUT2D eigenvalue weighted by atomic mass is 9.98. The lowest BCUT2D eigenvalue weighted by Crippen LogP contribution is -2.32. The summed E-state index contributed by atoms with van der Waals surface area (Å²) in [6, 6.07) is 3.69. The van der Waals surface area contributed by atoms with Crippen molar-refractivity contribution in [2.45, 2.75) is 19.8 Å². The number of rotatable bonds is 6. The lowest BCUT2D eigenvalue weighted by Gasteiger charge is -2.32. The molecular weight excluding hydrogens is 294 g/mol. The number of piperidine rings is 1. The lowest BCUT2D eigenvalue weighted by molar-refractivity contribution is -0.112. The average Bonchev–Trinajstić information content (AvgIpc) is 2.61. The van der Waals surface area contributed by atoms with E-state index in [9.17, 15) is 4.79 Å². The molecule has 0 aromatic heterocycles. The number of aldehydes is 1. The number of carbonyl (C=O) groups excluding carboxylic acids is 1. The summed E-state index contributed by atoms with van der Waals surface area (Å²) < 4.78 is 16.2. The van der Waals surface area contributed by atoms with E-state index >= 15 is 0 Å². The number of benzene rings is 1. The summed E-state index contributed by atoms with van der Waals surface area (Å²) in [7, 11) is 4.89. The second kappa shape index (κ2) is 7.90. The molecule has 1 aromatic rings. The first-order valence-corrected chi connectivity index (χ1v) is 7.81. The van der Waals surface area contributed by atoms with Crippen LogP contribution in [0.2, 0.25) is 0 Å². The number of carbonyl (C=O) groups is 1. The zero-order valence-corrected chi connectivity index (χ0v) is 14.3. The zero-order valence-electron chi connectivity index (χ0n) is 14.3. The molecule has 0 radical (unpaired) electrons. The Morgan fingerprint density at radius 1 is 1.09 bits per heavy atom. The van der Waals surface area contributed by atoms with Gasteiger partial charge in [0.2, 0.25) is 0 Å². The number of likely N-dealkylation sites (tertiary alicyclic amines) is 1. The Labute approximate surface area is 137 Å². The topological polar surface area (TPSA) is 48.0 Å². The molecule has 0 bridgehead atoms. The van der Waals surface area contributed by atoms with E-state index in [2.05, 4.69) is 17.9 Å². The van der Waals surface area contributed by atoms with Crippen molar-refractivity contribution >= 4 is 12.4 Å². The summed E-state index contributed by atoms with van der Waals surface area (Å²) in [4.78, 5) is 13.2. The summed E-state index contributed by atoms with van der Waals surface area (Å²) in [5, 5.41) is 0. The van der Waals surface area contributed by atoms with E-state index in [1.54, 1.807) is 21.3 Å². The molecule has 23 heavy (non-hydrogen) atoms. The minimum absolute atomic E-state index is 0.198. The molecule has 1 aromatic carbocycles. The van der Waals surface area contributed by atoms with Crippen LogP contribution in [0.4, 0.5) is 0 Å². The summed E-state index contributed by atoms with van der Waals surface area (Å²) in [5.74, 6) is 2.32. The van der Waals surface area contributed by atoms with Crippen LogP contribution in [0.3, 0.4) is 0 Å². The minimum atomic E-state index is 0.198. The molecule has 0 N–H and O–H groups in total. The molecule has 2 rings (SSSR count). The van der Waals surface area contributed by atoms with E-state index in [-0.39, 0.29) is 5.92 Å². The smallest absolute Gasteiger partial charge is 0.133 e. The van der Waals surface area contributed by atoms with Crippen molar-refractivity contribution < 1.29 is 19.0 Å². The molecule has 1 fully saturated rings. The Morgan fingerprint density at radius 2 is 1.65 bits per heavy atom. The van der Waals surface area contributed by atoms with Gasteiger partial charge < -0.3 is 23.9 Å². The van der Waals surface area contributed by atoms with Gasteiger partial charge in [-0.1, -0.05) is 0 Å². The zero-order chi connectivity index (χ0) is 16.8. The third-order valence-corrected chi connectivity index (χ3v) is 4.34. The predicted octanol–water partition coefficient (Wildman–Crippen LogP) is 2.98. The number of nitrogens with zero attached hydrogens (tertiary/aromatic N) is 1. The van der Waals surface area contributed by atoms with Crippen molar-refractivity contribution in [1.82, 2.24) is 4.90 Å². The predicted molar refractivity (Wildman–Crippen MR) is 90.1 cm³/mol. The van der Waals surface area contributed by atoms with Gasteiger partial charge in [0.05, 0.1) is 26.9 Å². The van der Waals surface area contributed by atoms with Gasteiger partial charge >= 0.3 is 0 Å². The van der Waals surface area contributed by atoms with Gasteiger partial charge in [0.25, 0.3) is 0 Å². The molecule has 5 heteroatoms. The average molecular weight is 319 g/mol. The van der Waals surface area contributed by atoms with Crippen molar-refractivity contribution in [2.75, 3.05) is 34.4 Å². The normalized spacial score (nSPS) is 16.2. The second-order valence-electron chi connectivity index (χ2n) is 5.69. The Bertz CT molecular complexity index is 549. The standard InChI is InChI=1S/C18H25NO4/c1-13(19-7-5-14(12-20)6-8-19)9-16-17(22-3)10-15(21-2)11-18(16)23-4/h9-12,14H,5-8H2,1-4H3. The molecule has 0 spiro atoms. The molecule has 126 valence electrons. The first kappa shape index (κ1) is 17.2. The quantitative estimate of drug-likeness (QED) is 0.754. The molecule has 1 saturated heterocycles. The van der Waals surface area contributed by atoms with Crippen LogP contribution in [0.15, 0.2) is 17.8 Å². The summed E-state index contributed by atoms with van der Waals surface area (Å²) in [5.41, 5.74) is 2.03. The highest BCUT2D eigenvalue weighted by molar-refractivity contribution is 5.68. The van der Waals surface area contributed by atoms with E-state index < -0.39 is 0 Å².